The van der Waals surface area contributed by atoms with E-state index in [9.17, 15) is 0 Å². The summed E-state index contributed by atoms with van der Waals surface area (Å²) in [5.74, 6) is 0.594. The second-order valence-corrected chi connectivity index (χ2v) is 11.6. The van der Waals surface area contributed by atoms with Gasteiger partial charge in [0.25, 0.3) is 0 Å². The molecule has 0 aliphatic rings. The number of benzene rings is 7. The van der Waals surface area contributed by atoms with Crippen molar-refractivity contribution < 1.29 is 13.3 Å². The molecule has 0 unspecified atom stereocenters. The molecule has 0 amide bonds. The second kappa shape index (κ2) is 9.58. The van der Waals surface area contributed by atoms with Gasteiger partial charge in [0.2, 0.25) is 5.89 Å². The normalized spacial score (nSPS) is 11.9. The molecule has 0 bridgehead atoms. The van der Waals surface area contributed by atoms with Crippen LogP contribution in [0.2, 0.25) is 0 Å². The quantitative estimate of drug-likeness (QED) is 0.203. The van der Waals surface area contributed by atoms with Crippen molar-refractivity contribution in [1.29, 1.82) is 0 Å². The fraction of sp³-hybridized carbons (Fsp3) is 0. The Morgan fingerprint density at radius 2 is 1.07 bits per heavy atom. The Labute approximate surface area is 262 Å². The van der Waals surface area contributed by atoms with E-state index in [0.717, 1.165) is 88.4 Å². The number of anilines is 3. The Balaban J connectivity index is 1.26. The van der Waals surface area contributed by atoms with Gasteiger partial charge in [-0.3, -0.25) is 0 Å². The summed E-state index contributed by atoms with van der Waals surface area (Å²) in [6.45, 7) is 0. The van der Waals surface area contributed by atoms with Crippen LogP contribution in [0.1, 0.15) is 0 Å². The maximum Gasteiger partial charge on any atom is 0.227 e. The summed E-state index contributed by atoms with van der Waals surface area (Å²) in [4.78, 5) is 7.15. The molecule has 0 atom stereocenters. The molecule has 0 radical (unpaired) electrons. The third-order valence-electron chi connectivity index (χ3n) is 8.88. The fourth-order valence-electron chi connectivity index (χ4n) is 6.76. The van der Waals surface area contributed by atoms with Crippen LogP contribution < -0.4 is 4.90 Å². The van der Waals surface area contributed by atoms with Gasteiger partial charge in [0.05, 0.1) is 11.1 Å². The van der Waals surface area contributed by atoms with Gasteiger partial charge in [0.1, 0.15) is 27.8 Å². The Morgan fingerprint density at radius 3 is 1.74 bits per heavy atom. The first kappa shape index (κ1) is 25.0. The first-order valence-corrected chi connectivity index (χ1v) is 15.3. The fourth-order valence-corrected chi connectivity index (χ4v) is 6.76. The van der Waals surface area contributed by atoms with Crippen LogP contribution in [-0.4, -0.2) is 4.98 Å². The molecule has 0 aliphatic heterocycles. The lowest BCUT2D eigenvalue weighted by Gasteiger charge is -2.26. The van der Waals surface area contributed by atoms with Gasteiger partial charge >= 0.3 is 0 Å². The van der Waals surface area contributed by atoms with E-state index in [1.165, 1.54) is 0 Å². The van der Waals surface area contributed by atoms with Gasteiger partial charge in [-0.2, -0.15) is 0 Å². The van der Waals surface area contributed by atoms with Crippen molar-refractivity contribution in [2.24, 2.45) is 0 Å². The van der Waals surface area contributed by atoms with Crippen LogP contribution in [0.25, 0.3) is 77.2 Å². The standard InChI is InChI=1S/C41H24N2O3/c1-2-9-26(10-3-1)41-42-33-22-17-25-11-8-14-34(39(25)40(33)46-41)43(27-18-20-31-29-12-4-6-15-35(29)44-37(31)23-27)28-19-21-32-30-13-5-7-16-36(30)45-38(32)24-28/h1-24H. The molecule has 7 aromatic carbocycles. The lowest BCUT2D eigenvalue weighted by molar-refractivity contribution is 0.623. The van der Waals surface area contributed by atoms with E-state index in [1.807, 2.05) is 72.8 Å². The van der Waals surface area contributed by atoms with Crippen LogP contribution in [0.5, 0.6) is 0 Å². The van der Waals surface area contributed by atoms with Gasteiger partial charge in [-0.05, 0) is 66.0 Å². The predicted molar refractivity (Wildman–Crippen MR) is 186 cm³/mol. The van der Waals surface area contributed by atoms with Crippen LogP contribution in [0.3, 0.4) is 0 Å². The lowest BCUT2D eigenvalue weighted by atomic mass is 10.0. The SMILES string of the molecule is c1ccc(-c2nc3ccc4cccc(N(c5ccc6c(c5)oc5ccccc56)c5ccc6c(c5)oc5ccccc56)c4c3o2)cc1. The molecule has 0 saturated carbocycles. The molecule has 0 spiro atoms. The molecule has 5 nitrogen and oxygen atoms in total. The zero-order chi connectivity index (χ0) is 30.2. The Morgan fingerprint density at radius 1 is 0.457 bits per heavy atom. The largest absolute Gasteiger partial charge is 0.456 e. The number of para-hydroxylation sites is 2. The van der Waals surface area contributed by atoms with Crippen LogP contribution in [0.15, 0.2) is 159 Å². The van der Waals surface area contributed by atoms with Gasteiger partial charge in [-0.25, -0.2) is 4.98 Å². The van der Waals surface area contributed by atoms with Crippen LogP contribution in [-0.2, 0) is 0 Å². The van der Waals surface area contributed by atoms with E-state index < -0.39 is 0 Å². The van der Waals surface area contributed by atoms with Crippen molar-refractivity contribution in [3.05, 3.63) is 146 Å². The van der Waals surface area contributed by atoms with Crippen molar-refractivity contribution >= 4 is 82.8 Å². The van der Waals surface area contributed by atoms with E-state index in [-0.39, 0.29) is 0 Å². The molecular weight excluding hydrogens is 568 g/mol. The molecular formula is C41H24N2O3. The number of oxazole rings is 1. The highest BCUT2D eigenvalue weighted by atomic mass is 16.3. The van der Waals surface area contributed by atoms with Crippen molar-refractivity contribution in [1.82, 2.24) is 4.98 Å². The summed E-state index contributed by atoms with van der Waals surface area (Å²) in [5, 5.41) is 6.39. The summed E-state index contributed by atoms with van der Waals surface area (Å²) in [6.07, 6.45) is 0. The van der Waals surface area contributed by atoms with E-state index in [1.54, 1.807) is 0 Å². The summed E-state index contributed by atoms with van der Waals surface area (Å²) in [7, 11) is 0. The van der Waals surface area contributed by atoms with Gasteiger partial charge in [0.15, 0.2) is 5.58 Å². The van der Waals surface area contributed by atoms with Gasteiger partial charge in [0, 0.05) is 50.6 Å². The number of nitrogens with zero attached hydrogens (tertiary/aromatic N) is 2. The van der Waals surface area contributed by atoms with Gasteiger partial charge in [-0.1, -0.05) is 72.8 Å². The van der Waals surface area contributed by atoms with Crippen LogP contribution >= 0.6 is 0 Å². The second-order valence-electron chi connectivity index (χ2n) is 11.6. The minimum absolute atomic E-state index is 0.594. The minimum atomic E-state index is 0.594. The van der Waals surface area contributed by atoms with E-state index in [4.69, 9.17) is 18.2 Å². The Hall–Kier alpha value is -6.33. The number of hydrogen-bond acceptors (Lipinski definition) is 5. The Kier molecular flexibility index (Phi) is 5.22. The van der Waals surface area contributed by atoms with E-state index in [0.29, 0.717) is 5.89 Å². The number of fused-ring (bicyclic) bond motifs is 9. The lowest BCUT2D eigenvalue weighted by Crippen LogP contribution is -2.10. The highest BCUT2D eigenvalue weighted by molar-refractivity contribution is 6.14. The first-order valence-electron chi connectivity index (χ1n) is 15.3. The van der Waals surface area contributed by atoms with Gasteiger partial charge < -0.3 is 18.2 Å². The van der Waals surface area contributed by atoms with E-state index >= 15 is 0 Å². The summed E-state index contributed by atoms with van der Waals surface area (Å²) < 4.78 is 19.3. The molecule has 216 valence electrons. The average Bonchev–Trinajstić information content (AvgIpc) is 3.82. The number of rotatable bonds is 4. The van der Waals surface area contributed by atoms with Gasteiger partial charge in [-0.15, -0.1) is 0 Å². The zero-order valence-electron chi connectivity index (χ0n) is 24.5. The van der Waals surface area contributed by atoms with Crippen LogP contribution in [0, 0.1) is 0 Å². The van der Waals surface area contributed by atoms with E-state index in [2.05, 4.69) is 77.7 Å². The molecule has 5 heteroatoms. The maximum atomic E-state index is 6.58. The molecule has 0 N–H and O–H groups in total. The summed E-state index contributed by atoms with van der Waals surface area (Å²) >= 11 is 0. The smallest absolute Gasteiger partial charge is 0.227 e. The maximum absolute atomic E-state index is 6.58. The monoisotopic (exact) mass is 592 g/mol. The average molecular weight is 593 g/mol. The Bertz CT molecular complexity index is 2660. The molecule has 46 heavy (non-hydrogen) atoms. The first-order chi connectivity index (χ1) is 22.8. The third-order valence-corrected chi connectivity index (χ3v) is 8.88. The van der Waals surface area contributed by atoms with Crippen molar-refractivity contribution in [3.63, 3.8) is 0 Å². The number of hydrogen-bond donors (Lipinski definition) is 0. The number of aromatic nitrogens is 1. The molecule has 0 aliphatic carbocycles. The topological polar surface area (TPSA) is 55.6 Å². The highest BCUT2D eigenvalue weighted by Crippen LogP contribution is 2.45. The molecule has 3 aromatic heterocycles. The van der Waals surface area contributed by atoms with Crippen molar-refractivity contribution in [3.8, 4) is 11.5 Å². The van der Waals surface area contributed by atoms with Crippen molar-refractivity contribution in [2.75, 3.05) is 4.90 Å². The molecule has 3 heterocycles. The van der Waals surface area contributed by atoms with Crippen molar-refractivity contribution in [2.45, 2.75) is 0 Å². The highest BCUT2D eigenvalue weighted by Gasteiger charge is 2.22. The zero-order valence-corrected chi connectivity index (χ0v) is 24.5. The summed E-state index contributed by atoms with van der Waals surface area (Å²) in [5.41, 5.74) is 8.74. The molecule has 10 rings (SSSR count). The molecule has 0 fully saturated rings. The van der Waals surface area contributed by atoms with Crippen LogP contribution in [0.4, 0.5) is 17.1 Å². The summed E-state index contributed by atoms with van der Waals surface area (Å²) in [6, 6.07) is 49.7. The predicted octanol–water partition coefficient (Wildman–Crippen LogP) is 11.9. The molecule has 10 aromatic rings. The minimum Gasteiger partial charge on any atom is -0.456 e. The number of furan rings is 2. The molecule has 0 saturated heterocycles. The third kappa shape index (κ3) is 3.72.